The Hall–Kier alpha value is -2.73. The van der Waals surface area contributed by atoms with Gasteiger partial charge in [0.2, 0.25) is 0 Å². The second-order valence-corrected chi connectivity index (χ2v) is 9.69. The largest absolute Gasteiger partial charge is 0.308 e. The maximum atomic E-state index is 14.6. The lowest BCUT2D eigenvalue weighted by atomic mass is 10.1. The summed E-state index contributed by atoms with van der Waals surface area (Å²) in [5, 5.41) is 1.18. The van der Waals surface area contributed by atoms with Crippen LogP contribution < -0.4 is 4.90 Å². The van der Waals surface area contributed by atoms with E-state index in [0.29, 0.717) is 18.7 Å². The van der Waals surface area contributed by atoms with Crippen molar-refractivity contribution in [1.82, 2.24) is 0 Å². The quantitative estimate of drug-likeness (QED) is 0.521. The maximum absolute atomic E-state index is 14.6. The Morgan fingerprint density at radius 2 is 1.72 bits per heavy atom. The fourth-order valence-electron chi connectivity index (χ4n) is 3.26. The van der Waals surface area contributed by atoms with Crippen LogP contribution in [0.4, 0.5) is 10.1 Å². The number of carbonyl (C=O) groups is 1. The van der Waals surface area contributed by atoms with Gasteiger partial charge >= 0.3 is 0 Å². The van der Waals surface area contributed by atoms with Gasteiger partial charge in [-0.05, 0) is 49.9 Å². The number of sulfone groups is 1. The summed E-state index contributed by atoms with van der Waals surface area (Å²) in [5.74, 6) is -1.29. The first kappa shape index (κ1) is 21.0. The third kappa shape index (κ3) is 4.03. The highest BCUT2D eigenvalue weighted by Gasteiger charge is 2.26. The lowest BCUT2D eigenvalue weighted by molar-refractivity contribution is 0.0983. The molecule has 3 rings (SSSR count). The van der Waals surface area contributed by atoms with Crippen LogP contribution in [0.5, 0.6) is 0 Å². The van der Waals surface area contributed by atoms with E-state index in [1.54, 1.807) is 13.8 Å². The van der Waals surface area contributed by atoms with Crippen molar-refractivity contribution in [2.45, 2.75) is 37.3 Å². The molecule has 152 valence electrons. The van der Waals surface area contributed by atoms with E-state index in [1.165, 1.54) is 11.0 Å². The summed E-state index contributed by atoms with van der Waals surface area (Å²) >= 11 is 0. The molecule has 0 aliphatic rings. The van der Waals surface area contributed by atoms with Crippen LogP contribution in [-0.2, 0) is 9.84 Å². The molecule has 0 fully saturated rings. The summed E-state index contributed by atoms with van der Waals surface area (Å²) in [4.78, 5) is 14.8. The smallest absolute Gasteiger partial charge is 0.261 e. The van der Waals surface area contributed by atoms with Crippen molar-refractivity contribution in [3.8, 4) is 0 Å². The minimum atomic E-state index is -3.62. The topological polar surface area (TPSA) is 54.5 Å². The Morgan fingerprint density at radius 3 is 2.41 bits per heavy atom. The number of nitrogens with zero attached hydrogens (tertiary/aromatic N) is 1. The van der Waals surface area contributed by atoms with E-state index in [2.05, 4.69) is 0 Å². The predicted molar refractivity (Wildman–Crippen MR) is 115 cm³/mol. The van der Waals surface area contributed by atoms with Crippen molar-refractivity contribution in [2.75, 3.05) is 11.4 Å². The number of benzene rings is 3. The third-order valence-electron chi connectivity index (χ3n) is 4.87. The van der Waals surface area contributed by atoms with Crippen molar-refractivity contribution < 1.29 is 17.6 Å². The van der Waals surface area contributed by atoms with Crippen LogP contribution in [0.3, 0.4) is 0 Å². The molecule has 0 saturated carbocycles. The predicted octanol–water partition coefficient (Wildman–Crippen LogP) is 5.22. The van der Waals surface area contributed by atoms with Crippen LogP contribution >= 0.6 is 0 Å². The molecular weight excluding hydrogens is 389 g/mol. The van der Waals surface area contributed by atoms with Crippen LogP contribution in [-0.4, -0.2) is 26.1 Å². The van der Waals surface area contributed by atoms with E-state index >= 15 is 0 Å². The summed E-state index contributed by atoms with van der Waals surface area (Å²) in [6.45, 7) is 5.42. The standard InChI is InChI=1S/C23H24FNO3S/c1-4-14-25(22-11-7-9-17-8-5-6-10-19(17)22)23(26)20-15-18(12-13-21(20)24)29(27,28)16(2)3/h5-13,15-16H,4,14H2,1-3H3. The van der Waals surface area contributed by atoms with Gasteiger partial charge in [0.1, 0.15) is 5.82 Å². The SMILES string of the molecule is CCCN(C(=O)c1cc(S(=O)(=O)C(C)C)ccc1F)c1cccc2ccccc12. The lowest BCUT2D eigenvalue weighted by Crippen LogP contribution is -2.32. The van der Waals surface area contributed by atoms with Crippen LogP contribution in [0, 0.1) is 5.82 Å². The number of hydrogen-bond acceptors (Lipinski definition) is 3. The molecule has 0 atom stereocenters. The molecule has 4 nitrogen and oxygen atoms in total. The summed E-state index contributed by atoms with van der Waals surface area (Å²) in [6, 6.07) is 16.7. The van der Waals surface area contributed by atoms with Crippen LogP contribution in [0.15, 0.2) is 65.6 Å². The Morgan fingerprint density at radius 1 is 1.03 bits per heavy atom. The van der Waals surface area contributed by atoms with Crippen molar-refractivity contribution in [3.63, 3.8) is 0 Å². The molecule has 0 spiro atoms. The first-order chi connectivity index (χ1) is 13.8. The maximum Gasteiger partial charge on any atom is 0.261 e. The van der Waals surface area contributed by atoms with E-state index < -0.39 is 26.8 Å². The van der Waals surface area contributed by atoms with Crippen molar-refractivity contribution in [3.05, 3.63) is 72.0 Å². The summed E-state index contributed by atoms with van der Waals surface area (Å²) < 4.78 is 39.6. The van der Waals surface area contributed by atoms with Gasteiger partial charge in [0.15, 0.2) is 9.84 Å². The molecule has 0 saturated heterocycles. The fourth-order valence-corrected chi connectivity index (χ4v) is 4.35. The van der Waals surface area contributed by atoms with Gasteiger partial charge < -0.3 is 4.90 Å². The number of halogens is 1. The van der Waals surface area contributed by atoms with Gasteiger partial charge in [-0.1, -0.05) is 43.3 Å². The summed E-state index contributed by atoms with van der Waals surface area (Å²) in [5.41, 5.74) is 0.430. The van der Waals surface area contributed by atoms with Crippen LogP contribution in [0.2, 0.25) is 0 Å². The van der Waals surface area contributed by atoms with E-state index in [0.717, 1.165) is 22.9 Å². The zero-order valence-corrected chi connectivity index (χ0v) is 17.5. The number of carbonyl (C=O) groups excluding carboxylic acids is 1. The molecule has 0 radical (unpaired) electrons. The number of hydrogen-bond donors (Lipinski definition) is 0. The molecule has 6 heteroatoms. The third-order valence-corrected chi connectivity index (χ3v) is 7.02. The molecular formula is C23H24FNO3S. The average Bonchev–Trinajstić information content (AvgIpc) is 2.71. The first-order valence-electron chi connectivity index (χ1n) is 9.60. The number of rotatable bonds is 6. The van der Waals surface area contributed by atoms with Gasteiger partial charge in [-0.25, -0.2) is 12.8 Å². The molecule has 3 aromatic rings. The number of anilines is 1. The molecule has 0 heterocycles. The second-order valence-electron chi connectivity index (χ2n) is 7.19. The van der Waals surface area contributed by atoms with E-state index in [-0.39, 0.29) is 10.5 Å². The monoisotopic (exact) mass is 413 g/mol. The minimum Gasteiger partial charge on any atom is -0.308 e. The molecule has 0 bridgehead atoms. The zero-order valence-electron chi connectivity index (χ0n) is 16.7. The average molecular weight is 414 g/mol. The Balaban J connectivity index is 2.13. The zero-order chi connectivity index (χ0) is 21.2. The number of fused-ring (bicyclic) bond motifs is 1. The summed E-state index contributed by atoms with van der Waals surface area (Å²) in [7, 11) is -3.62. The molecule has 29 heavy (non-hydrogen) atoms. The fraction of sp³-hybridized carbons (Fsp3) is 0.261. The molecule has 1 amide bonds. The normalized spacial score (nSPS) is 11.8. The van der Waals surface area contributed by atoms with Gasteiger partial charge in [-0.15, -0.1) is 0 Å². The van der Waals surface area contributed by atoms with Crippen LogP contribution in [0.25, 0.3) is 10.8 Å². The highest BCUT2D eigenvalue weighted by molar-refractivity contribution is 7.92. The molecule has 0 unspecified atom stereocenters. The minimum absolute atomic E-state index is 0.0494. The molecule has 3 aromatic carbocycles. The first-order valence-corrected chi connectivity index (χ1v) is 11.1. The highest BCUT2D eigenvalue weighted by Crippen LogP contribution is 2.29. The number of amides is 1. The van der Waals surface area contributed by atoms with Crippen molar-refractivity contribution in [2.24, 2.45) is 0 Å². The Kier molecular flexibility index (Phi) is 6.03. The van der Waals surface area contributed by atoms with Gasteiger partial charge in [-0.3, -0.25) is 4.79 Å². The second kappa shape index (κ2) is 8.33. The van der Waals surface area contributed by atoms with E-state index in [1.807, 2.05) is 49.4 Å². The lowest BCUT2D eigenvalue weighted by Gasteiger charge is -2.24. The van der Waals surface area contributed by atoms with Crippen molar-refractivity contribution >= 4 is 32.2 Å². The van der Waals surface area contributed by atoms with Crippen molar-refractivity contribution in [1.29, 1.82) is 0 Å². The Bertz CT molecular complexity index is 1150. The van der Waals surface area contributed by atoms with Gasteiger partial charge in [0.25, 0.3) is 5.91 Å². The van der Waals surface area contributed by atoms with Gasteiger partial charge in [-0.2, -0.15) is 0 Å². The molecule has 0 aromatic heterocycles. The van der Waals surface area contributed by atoms with Gasteiger partial charge in [0.05, 0.1) is 21.4 Å². The molecule has 0 N–H and O–H groups in total. The van der Waals surface area contributed by atoms with Gasteiger partial charge in [0, 0.05) is 11.9 Å². The Labute approximate surface area is 170 Å². The van der Waals surface area contributed by atoms with E-state index in [4.69, 9.17) is 0 Å². The van der Waals surface area contributed by atoms with Crippen LogP contribution in [0.1, 0.15) is 37.6 Å². The highest BCUT2D eigenvalue weighted by atomic mass is 32.2. The summed E-state index contributed by atoms with van der Waals surface area (Å²) in [6.07, 6.45) is 0.667. The molecule has 0 aliphatic heterocycles. The van der Waals surface area contributed by atoms with E-state index in [9.17, 15) is 17.6 Å². The molecule has 0 aliphatic carbocycles.